The molecule has 0 saturated carbocycles. The van der Waals surface area contributed by atoms with Crippen LogP contribution in [0.1, 0.15) is 35.6 Å². The van der Waals surface area contributed by atoms with Crippen LogP contribution in [0.5, 0.6) is 0 Å². The van der Waals surface area contributed by atoms with Gasteiger partial charge >= 0.3 is 0 Å². The van der Waals surface area contributed by atoms with Crippen LogP contribution >= 0.6 is 0 Å². The Morgan fingerprint density at radius 2 is 2.14 bits per heavy atom. The third kappa shape index (κ3) is 2.58. The molecule has 0 heterocycles. The molecular formula is C12H16N2. The highest BCUT2D eigenvalue weighted by molar-refractivity contribution is 5.32. The summed E-state index contributed by atoms with van der Waals surface area (Å²) >= 11 is 0. The Morgan fingerprint density at radius 1 is 1.43 bits per heavy atom. The van der Waals surface area contributed by atoms with Crippen molar-refractivity contribution in [3.05, 3.63) is 34.9 Å². The van der Waals surface area contributed by atoms with E-state index in [1.807, 2.05) is 0 Å². The molecule has 14 heavy (non-hydrogen) atoms. The summed E-state index contributed by atoms with van der Waals surface area (Å²) in [4.78, 5) is 0. The van der Waals surface area contributed by atoms with Gasteiger partial charge in [0.1, 0.15) is 0 Å². The molecule has 2 heteroatoms. The fourth-order valence-electron chi connectivity index (χ4n) is 1.53. The van der Waals surface area contributed by atoms with Gasteiger partial charge in [0.2, 0.25) is 0 Å². The van der Waals surface area contributed by atoms with E-state index in [9.17, 15) is 0 Å². The van der Waals surface area contributed by atoms with E-state index in [0.717, 1.165) is 6.42 Å². The number of benzene rings is 1. The summed E-state index contributed by atoms with van der Waals surface area (Å²) in [6, 6.07) is 8.39. The van der Waals surface area contributed by atoms with Crippen molar-refractivity contribution in [2.45, 2.75) is 32.7 Å². The first-order valence-electron chi connectivity index (χ1n) is 4.85. The molecule has 0 aliphatic rings. The summed E-state index contributed by atoms with van der Waals surface area (Å²) in [6.07, 6.45) is 1.26. The first-order chi connectivity index (χ1) is 6.65. The van der Waals surface area contributed by atoms with Crippen LogP contribution in [0.25, 0.3) is 0 Å². The zero-order chi connectivity index (χ0) is 10.6. The van der Waals surface area contributed by atoms with E-state index < -0.39 is 0 Å². The predicted molar refractivity (Wildman–Crippen MR) is 57.7 cm³/mol. The summed E-state index contributed by atoms with van der Waals surface area (Å²) in [5.41, 5.74) is 9.60. The second-order valence-electron chi connectivity index (χ2n) is 3.66. The Bertz CT molecular complexity index is 350. The number of nitrogens with zero attached hydrogens (tertiary/aromatic N) is 1. The fraction of sp³-hybridized carbons (Fsp3) is 0.417. The van der Waals surface area contributed by atoms with E-state index in [-0.39, 0.29) is 6.04 Å². The molecule has 0 amide bonds. The van der Waals surface area contributed by atoms with Gasteiger partial charge in [0.05, 0.1) is 6.07 Å². The molecule has 0 spiro atoms. The predicted octanol–water partition coefficient (Wildman–Crippen LogP) is 2.61. The van der Waals surface area contributed by atoms with Crippen molar-refractivity contribution in [3.8, 4) is 6.07 Å². The normalized spacial score (nSPS) is 12.1. The van der Waals surface area contributed by atoms with Crippen LogP contribution in [-0.2, 0) is 0 Å². The Balaban J connectivity index is 2.83. The first kappa shape index (κ1) is 10.7. The standard InChI is InChI=1S/C12H16N2/c1-9-5-6-10(2)11(8-9)12(14)4-3-7-13/h5-6,8,12H,3-4,14H2,1-2H3. The third-order valence-electron chi connectivity index (χ3n) is 2.40. The third-order valence-corrected chi connectivity index (χ3v) is 2.40. The van der Waals surface area contributed by atoms with Crippen molar-refractivity contribution in [2.24, 2.45) is 5.73 Å². The number of rotatable bonds is 3. The van der Waals surface area contributed by atoms with Gasteiger partial charge in [-0.1, -0.05) is 23.8 Å². The van der Waals surface area contributed by atoms with Gasteiger partial charge in [0, 0.05) is 12.5 Å². The summed E-state index contributed by atoms with van der Waals surface area (Å²) in [5, 5.41) is 8.48. The topological polar surface area (TPSA) is 49.8 Å². The highest BCUT2D eigenvalue weighted by Crippen LogP contribution is 2.20. The Kier molecular flexibility index (Phi) is 3.67. The van der Waals surface area contributed by atoms with Crippen LogP contribution in [0.15, 0.2) is 18.2 Å². The molecule has 0 fully saturated rings. The number of hydrogen-bond acceptors (Lipinski definition) is 2. The summed E-state index contributed by atoms with van der Waals surface area (Å²) in [7, 11) is 0. The van der Waals surface area contributed by atoms with Crippen LogP contribution in [0.3, 0.4) is 0 Å². The molecule has 0 aromatic heterocycles. The Hall–Kier alpha value is -1.33. The maximum absolute atomic E-state index is 8.48. The number of hydrogen-bond donors (Lipinski definition) is 1. The van der Waals surface area contributed by atoms with Crippen molar-refractivity contribution >= 4 is 0 Å². The summed E-state index contributed by atoms with van der Waals surface area (Å²) in [6.45, 7) is 4.11. The van der Waals surface area contributed by atoms with Crippen LogP contribution in [0, 0.1) is 25.2 Å². The smallest absolute Gasteiger partial charge is 0.0622 e. The van der Waals surface area contributed by atoms with E-state index in [1.54, 1.807) is 0 Å². The maximum atomic E-state index is 8.48. The van der Waals surface area contributed by atoms with E-state index >= 15 is 0 Å². The fourth-order valence-corrected chi connectivity index (χ4v) is 1.53. The zero-order valence-electron chi connectivity index (χ0n) is 8.75. The lowest BCUT2D eigenvalue weighted by molar-refractivity contribution is 0.660. The quantitative estimate of drug-likeness (QED) is 0.792. The van der Waals surface area contributed by atoms with Gasteiger partial charge < -0.3 is 5.73 Å². The molecule has 0 saturated heterocycles. The molecule has 0 radical (unpaired) electrons. The average molecular weight is 188 g/mol. The van der Waals surface area contributed by atoms with Gasteiger partial charge in [-0.2, -0.15) is 5.26 Å². The lowest BCUT2D eigenvalue weighted by atomic mass is 9.97. The minimum absolute atomic E-state index is 0.00505. The largest absolute Gasteiger partial charge is 0.324 e. The van der Waals surface area contributed by atoms with Gasteiger partial charge in [-0.25, -0.2) is 0 Å². The SMILES string of the molecule is Cc1ccc(C)c(C(N)CCC#N)c1. The monoisotopic (exact) mass is 188 g/mol. The second-order valence-corrected chi connectivity index (χ2v) is 3.66. The molecule has 74 valence electrons. The molecule has 0 aliphatic carbocycles. The molecule has 1 rings (SSSR count). The second kappa shape index (κ2) is 4.78. The highest BCUT2D eigenvalue weighted by Gasteiger charge is 2.08. The summed E-state index contributed by atoms with van der Waals surface area (Å²) in [5.74, 6) is 0. The van der Waals surface area contributed by atoms with Gasteiger partial charge in [-0.05, 0) is 31.4 Å². The number of aryl methyl sites for hydroxylation is 2. The van der Waals surface area contributed by atoms with Crippen LogP contribution in [0.2, 0.25) is 0 Å². The Labute approximate surface area is 85.4 Å². The van der Waals surface area contributed by atoms with Gasteiger partial charge in [-0.15, -0.1) is 0 Å². The number of nitriles is 1. The average Bonchev–Trinajstić information content (AvgIpc) is 2.18. The Morgan fingerprint density at radius 3 is 2.79 bits per heavy atom. The lowest BCUT2D eigenvalue weighted by Crippen LogP contribution is -2.11. The number of nitrogens with two attached hydrogens (primary N) is 1. The molecule has 1 aromatic rings. The molecule has 1 aromatic carbocycles. The van der Waals surface area contributed by atoms with Gasteiger partial charge in [-0.3, -0.25) is 0 Å². The first-order valence-corrected chi connectivity index (χ1v) is 4.85. The van der Waals surface area contributed by atoms with Crippen molar-refractivity contribution in [1.29, 1.82) is 5.26 Å². The van der Waals surface area contributed by atoms with E-state index in [2.05, 4.69) is 38.1 Å². The zero-order valence-corrected chi connectivity index (χ0v) is 8.75. The highest BCUT2D eigenvalue weighted by atomic mass is 14.6. The minimum Gasteiger partial charge on any atom is -0.324 e. The summed E-state index contributed by atoms with van der Waals surface area (Å²) < 4.78 is 0. The molecule has 2 N–H and O–H groups in total. The molecule has 1 unspecified atom stereocenters. The van der Waals surface area contributed by atoms with E-state index in [4.69, 9.17) is 11.0 Å². The van der Waals surface area contributed by atoms with Crippen molar-refractivity contribution in [2.75, 3.05) is 0 Å². The molecule has 0 bridgehead atoms. The maximum Gasteiger partial charge on any atom is 0.0622 e. The van der Waals surface area contributed by atoms with Crippen molar-refractivity contribution in [3.63, 3.8) is 0 Å². The molecular weight excluding hydrogens is 172 g/mol. The van der Waals surface area contributed by atoms with Crippen molar-refractivity contribution < 1.29 is 0 Å². The van der Waals surface area contributed by atoms with Crippen LogP contribution in [-0.4, -0.2) is 0 Å². The molecule has 2 nitrogen and oxygen atoms in total. The van der Waals surface area contributed by atoms with Crippen LogP contribution in [0.4, 0.5) is 0 Å². The van der Waals surface area contributed by atoms with Crippen LogP contribution < -0.4 is 5.73 Å². The lowest BCUT2D eigenvalue weighted by Gasteiger charge is -2.13. The minimum atomic E-state index is -0.00505. The molecule has 1 atom stereocenters. The van der Waals surface area contributed by atoms with E-state index in [0.29, 0.717) is 6.42 Å². The molecule has 0 aliphatic heterocycles. The van der Waals surface area contributed by atoms with Gasteiger partial charge in [0.25, 0.3) is 0 Å². The van der Waals surface area contributed by atoms with Crippen molar-refractivity contribution in [1.82, 2.24) is 0 Å². The van der Waals surface area contributed by atoms with E-state index in [1.165, 1.54) is 16.7 Å². The van der Waals surface area contributed by atoms with Gasteiger partial charge in [0.15, 0.2) is 0 Å².